The maximum atomic E-state index is 13.1. The van der Waals surface area contributed by atoms with E-state index in [1.165, 1.54) is 6.92 Å². The third kappa shape index (κ3) is 6.26. The van der Waals surface area contributed by atoms with E-state index in [0.29, 0.717) is 24.2 Å². The normalized spacial score (nSPS) is 10.5. The average molecular weight is 732 g/mol. The molecule has 0 aliphatic carbocycles. The molecule has 29 heavy (non-hydrogen) atoms. The van der Waals surface area contributed by atoms with Crippen molar-refractivity contribution in [1.29, 1.82) is 0 Å². The molecule has 2 aromatic carbocycles. The highest BCUT2D eigenvalue weighted by atomic mass is 127. The molecule has 9 heteroatoms. The van der Waals surface area contributed by atoms with Crippen molar-refractivity contribution < 1.29 is 19.5 Å². The summed E-state index contributed by atoms with van der Waals surface area (Å²) in [5.74, 6) is -1.21. The van der Waals surface area contributed by atoms with Crippen molar-refractivity contribution in [1.82, 2.24) is 0 Å². The molecule has 2 N–H and O–H groups in total. The molecule has 0 fully saturated rings. The summed E-state index contributed by atoms with van der Waals surface area (Å²) in [5.41, 5.74) is 2.69. The van der Waals surface area contributed by atoms with Gasteiger partial charge < -0.3 is 15.3 Å². The highest BCUT2D eigenvalue weighted by molar-refractivity contribution is 14.1. The fourth-order valence-corrected chi connectivity index (χ4v) is 7.27. The van der Waals surface area contributed by atoms with Gasteiger partial charge in [-0.3, -0.25) is 14.4 Å². The Morgan fingerprint density at radius 2 is 1.79 bits per heavy atom. The van der Waals surface area contributed by atoms with Gasteiger partial charge in [0, 0.05) is 32.7 Å². The number of benzene rings is 2. The molecule has 2 aromatic rings. The van der Waals surface area contributed by atoms with Crippen LogP contribution in [0.4, 0.5) is 11.4 Å². The van der Waals surface area contributed by atoms with Gasteiger partial charge in [0.05, 0.1) is 14.8 Å². The topological polar surface area (TPSA) is 86.7 Å². The second-order valence-corrected chi connectivity index (χ2v) is 9.59. The molecular weight excluding hydrogens is 713 g/mol. The summed E-state index contributed by atoms with van der Waals surface area (Å²) >= 11 is 6.43. The molecule has 0 bridgehead atoms. The SMILES string of the molecule is CCN(C(C)=O)c1c(I)cc(I)c(C(=O)Nc2cccc(CCC(=O)O)c2)c1I. The number of nitrogens with zero attached hydrogens (tertiary/aromatic N) is 1. The van der Waals surface area contributed by atoms with Crippen LogP contribution in [0.25, 0.3) is 0 Å². The monoisotopic (exact) mass is 732 g/mol. The first-order chi connectivity index (χ1) is 13.6. The van der Waals surface area contributed by atoms with Crippen molar-refractivity contribution in [3.63, 3.8) is 0 Å². The summed E-state index contributed by atoms with van der Waals surface area (Å²) < 4.78 is 2.41. The van der Waals surface area contributed by atoms with E-state index in [-0.39, 0.29) is 18.2 Å². The Morgan fingerprint density at radius 3 is 2.38 bits per heavy atom. The molecule has 6 nitrogen and oxygen atoms in total. The van der Waals surface area contributed by atoms with Gasteiger partial charge in [0.2, 0.25) is 5.91 Å². The quantitative estimate of drug-likeness (QED) is 0.387. The second-order valence-electron chi connectivity index (χ2n) is 6.19. The molecular formula is C20H19I3N2O4. The van der Waals surface area contributed by atoms with Gasteiger partial charge in [-0.15, -0.1) is 0 Å². The van der Waals surface area contributed by atoms with Gasteiger partial charge in [-0.25, -0.2) is 0 Å². The number of aliphatic carboxylic acids is 1. The number of nitrogens with one attached hydrogen (secondary N) is 1. The maximum absolute atomic E-state index is 13.1. The molecule has 0 saturated carbocycles. The number of carboxylic acids is 1. The number of hydrogen-bond acceptors (Lipinski definition) is 3. The number of hydrogen-bond donors (Lipinski definition) is 2. The highest BCUT2D eigenvalue weighted by Gasteiger charge is 2.24. The van der Waals surface area contributed by atoms with Gasteiger partial charge in [0.25, 0.3) is 5.91 Å². The van der Waals surface area contributed by atoms with Crippen molar-refractivity contribution in [3.8, 4) is 0 Å². The number of carboxylic acid groups (broad SMARTS) is 1. The standard InChI is InChI=1S/C20H19I3N2O4/c1-3-25(11(2)26)19-15(22)10-14(21)17(18(19)23)20(29)24-13-6-4-5-12(9-13)7-8-16(27)28/h4-6,9-10H,3,7-8H2,1-2H3,(H,24,29)(H,27,28). The summed E-state index contributed by atoms with van der Waals surface area (Å²) in [7, 11) is 0. The molecule has 0 atom stereocenters. The van der Waals surface area contributed by atoms with Gasteiger partial charge in [0.15, 0.2) is 0 Å². The highest BCUT2D eigenvalue weighted by Crippen LogP contribution is 2.35. The zero-order chi connectivity index (χ0) is 21.7. The first kappa shape index (κ1) is 24.3. The van der Waals surface area contributed by atoms with Gasteiger partial charge in [-0.1, -0.05) is 12.1 Å². The molecule has 0 heterocycles. The van der Waals surface area contributed by atoms with Crippen LogP contribution in [0.3, 0.4) is 0 Å². The van der Waals surface area contributed by atoms with Crippen molar-refractivity contribution in [2.75, 3.05) is 16.8 Å². The van der Waals surface area contributed by atoms with Crippen molar-refractivity contribution >= 4 is 96.9 Å². The fourth-order valence-electron chi connectivity index (χ4n) is 2.82. The van der Waals surface area contributed by atoms with E-state index in [4.69, 9.17) is 5.11 Å². The molecule has 154 valence electrons. The van der Waals surface area contributed by atoms with E-state index in [9.17, 15) is 14.4 Å². The second kappa shape index (κ2) is 10.9. The Labute approximate surface area is 210 Å². The lowest BCUT2D eigenvalue weighted by atomic mass is 10.1. The van der Waals surface area contributed by atoms with Crippen LogP contribution in [0.15, 0.2) is 30.3 Å². The van der Waals surface area contributed by atoms with Crippen LogP contribution in [0.1, 0.15) is 36.2 Å². The van der Waals surface area contributed by atoms with Gasteiger partial charge >= 0.3 is 5.97 Å². The minimum Gasteiger partial charge on any atom is -0.481 e. The van der Waals surface area contributed by atoms with Gasteiger partial charge in [-0.05, 0) is 105 Å². The number of aryl methyl sites for hydroxylation is 1. The van der Waals surface area contributed by atoms with Crippen LogP contribution in [0.2, 0.25) is 0 Å². The maximum Gasteiger partial charge on any atom is 0.303 e. The zero-order valence-corrected chi connectivity index (χ0v) is 22.2. The number of amides is 2. The summed E-state index contributed by atoms with van der Waals surface area (Å²) in [6.07, 6.45) is 0.428. The zero-order valence-electron chi connectivity index (χ0n) is 15.8. The van der Waals surface area contributed by atoms with Crippen LogP contribution >= 0.6 is 67.8 Å². The van der Waals surface area contributed by atoms with E-state index in [1.54, 1.807) is 23.1 Å². The summed E-state index contributed by atoms with van der Waals surface area (Å²) in [6.45, 7) is 3.92. The predicted octanol–water partition coefficient (Wildman–Crippen LogP) is 5.14. The first-order valence-electron chi connectivity index (χ1n) is 8.73. The van der Waals surface area contributed by atoms with E-state index < -0.39 is 5.97 Å². The van der Waals surface area contributed by atoms with Crippen LogP contribution in [0, 0.1) is 10.7 Å². The Hall–Kier alpha value is -0.960. The molecule has 0 aromatic heterocycles. The van der Waals surface area contributed by atoms with Crippen LogP contribution < -0.4 is 10.2 Å². The lowest BCUT2D eigenvalue weighted by Crippen LogP contribution is -2.30. The van der Waals surface area contributed by atoms with Crippen LogP contribution in [-0.2, 0) is 16.0 Å². The fraction of sp³-hybridized carbons (Fsp3) is 0.250. The van der Waals surface area contributed by atoms with Crippen molar-refractivity contribution in [2.24, 2.45) is 0 Å². The van der Waals surface area contributed by atoms with E-state index >= 15 is 0 Å². The number of rotatable bonds is 7. The van der Waals surface area contributed by atoms with E-state index in [2.05, 4.69) is 73.1 Å². The Balaban J connectivity index is 2.37. The Bertz CT molecular complexity index is 963. The predicted molar refractivity (Wildman–Crippen MR) is 139 cm³/mol. The number of carbonyl (C=O) groups excluding carboxylic acids is 2. The lowest BCUT2D eigenvalue weighted by Gasteiger charge is -2.24. The molecule has 0 unspecified atom stereocenters. The summed E-state index contributed by atoms with van der Waals surface area (Å²) in [6, 6.07) is 9.06. The smallest absolute Gasteiger partial charge is 0.303 e. The number of halogens is 3. The molecule has 0 aliphatic heterocycles. The van der Waals surface area contributed by atoms with Crippen LogP contribution in [0.5, 0.6) is 0 Å². The Morgan fingerprint density at radius 1 is 1.10 bits per heavy atom. The molecule has 2 rings (SSSR count). The first-order valence-corrected chi connectivity index (χ1v) is 12.0. The number of carbonyl (C=O) groups is 3. The summed E-state index contributed by atoms with van der Waals surface area (Å²) in [4.78, 5) is 37.6. The lowest BCUT2D eigenvalue weighted by molar-refractivity contribution is -0.137. The van der Waals surface area contributed by atoms with Crippen molar-refractivity contribution in [3.05, 3.63) is 52.2 Å². The number of anilines is 2. The van der Waals surface area contributed by atoms with Gasteiger partial charge in [-0.2, -0.15) is 0 Å². The Kier molecular flexibility index (Phi) is 9.13. The molecule has 0 radical (unpaired) electrons. The van der Waals surface area contributed by atoms with Gasteiger partial charge in [0.1, 0.15) is 0 Å². The molecule has 0 spiro atoms. The molecule has 0 aliphatic rings. The van der Waals surface area contributed by atoms with Crippen molar-refractivity contribution in [2.45, 2.75) is 26.7 Å². The summed E-state index contributed by atoms with van der Waals surface area (Å²) in [5, 5.41) is 11.8. The van der Waals surface area contributed by atoms with E-state index in [0.717, 1.165) is 22.0 Å². The average Bonchev–Trinajstić information content (AvgIpc) is 2.63. The molecule has 2 amide bonds. The minimum atomic E-state index is -0.860. The largest absolute Gasteiger partial charge is 0.481 e. The minimum absolute atomic E-state index is 0.0333. The van der Waals surface area contributed by atoms with Crippen LogP contribution in [-0.4, -0.2) is 29.4 Å². The third-order valence-corrected chi connectivity index (χ3v) is 6.87. The molecule has 0 saturated heterocycles. The third-order valence-electron chi connectivity index (χ3n) is 4.15. The van der Waals surface area contributed by atoms with E-state index in [1.807, 2.05) is 19.1 Å².